The standard InChI is InChI=1S/C21H23N5O3/c1-25-18(11-17(24-25)15-7-4-3-5-8-15)21(27)26-10-6-9-16(14-26)29-20-13-22-12-19(23-20)28-2/h3-5,7-8,11-13,16H,6,9-10,14H2,1-2H3. The molecule has 1 fully saturated rings. The number of likely N-dealkylation sites (tertiary alicyclic amines) is 1. The van der Waals surface area contributed by atoms with Crippen molar-refractivity contribution in [2.24, 2.45) is 7.05 Å². The van der Waals surface area contributed by atoms with Crippen molar-refractivity contribution in [1.82, 2.24) is 24.6 Å². The monoisotopic (exact) mass is 393 g/mol. The summed E-state index contributed by atoms with van der Waals surface area (Å²) in [4.78, 5) is 23.2. The van der Waals surface area contributed by atoms with Crippen molar-refractivity contribution >= 4 is 5.91 Å². The van der Waals surface area contributed by atoms with Crippen LogP contribution in [0, 0.1) is 0 Å². The van der Waals surface area contributed by atoms with Gasteiger partial charge in [0.2, 0.25) is 11.8 Å². The van der Waals surface area contributed by atoms with Gasteiger partial charge in [-0.3, -0.25) is 14.5 Å². The normalized spacial score (nSPS) is 16.5. The number of carbonyl (C=O) groups is 1. The first-order valence-corrected chi connectivity index (χ1v) is 9.55. The molecule has 1 saturated heterocycles. The van der Waals surface area contributed by atoms with E-state index in [1.807, 2.05) is 41.3 Å². The van der Waals surface area contributed by atoms with E-state index in [-0.39, 0.29) is 12.0 Å². The third-order valence-electron chi connectivity index (χ3n) is 4.92. The van der Waals surface area contributed by atoms with E-state index in [4.69, 9.17) is 9.47 Å². The number of hydrogen-bond donors (Lipinski definition) is 0. The van der Waals surface area contributed by atoms with Gasteiger partial charge in [-0.1, -0.05) is 30.3 Å². The fourth-order valence-electron chi connectivity index (χ4n) is 3.46. The van der Waals surface area contributed by atoms with E-state index in [0.29, 0.717) is 30.5 Å². The van der Waals surface area contributed by atoms with Crippen LogP contribution in [0.4, 0.5) is 0 Å². The zero-order chi connectivity index (χ0) is 20.2. The molecule has 4 rings (SSSR count). The van der Waals surface area contributed by atoms with E-state index in [1.165, 1.54) is 13.3 Å². The first-order valence-electron chi connectivity index (χ1n) is 9.55. The highest BCUT2D eigenvalue weighted by Gasteiger charge is 2.28. The zero-order valence-electron chi connectivity index (χ0n) is 16.5. The third kappa shape index (κ3) is 4.21. The van der Waals surface area contributed by atoms with Crippen molar-refractivity contribution in [3.63, 3.8) is 0 Å². The van der Waals surface area contributed by atoms with Gasteiger partial charge in [0.05, 0.1) is 31.7 Å². The molecule has 0 spiro atoms. The van der Waals surface area contributed by atoms with Crippen LogP contribution in [0.3, 0.4) is 0 Å². The molecule has 1 unspecified atom stereocenters. The van der Waals surface area contributed by atoms with Crippen molar-refractivity contribution in [2.75, 3.05) is 20.2 Å². The van der Waals surface area contributed by atoms with Crippen molar-refractivity contribution < 1.29 is 14.3 Å². The van der Waals surface area contributed by atoms with E-state index >= 15 is 0 Å². The van der Waals surface area contributed by atoms with E-state index in [2.05, 4.69) is 15.1 Å². The summed E-state index contributed by atoms with van der Waals surface area (Å²) in [7, 11) is 3.33. The molecule has 0 N–H and O–H groups in total. The molecule has 8 heteroatoms. The van der Waals surface area contributed by atoms with Gasteiger partial charge in [-0.25, -0.2) is 0 Å². The number of carbonyl (C=O) groups excluding carboxylic acids is 1. The Morgan fingerprint density at radius 2 is 1.97 bits per heavy atom. The quantitative estimate of drug-likeness (QED) is 0.663. The minimum atomic E-state index is -0.143. The molecule has 0 radical (unpaired) electrons. The number of ether oxygens (including phenoxy) is 2. The summed E-state index contributed by atoms with van der Waals surface area (Å²) in [5.41, 5.74) is 2.33. The van der Waals surface area contributed by atoms with Gasteiger partial charge in [-0.15, -0.1) is 0 Å². The lowest BCUT2D eigenvalue weighted by Gasteiger charge is -2.32. The average Bonchev–Trinajstić information content (AvgIpc) is 3.16. The van der Waals surface area contributed by atoms with Gasteiger partial charge in [0.1, 0.15) is 11.8 Å². The minimum absolute atomic E-state index is 0.0489. The second-order valence-corrected chi connectivity index (χ2v) is 6.94. The van der Waals surface area contributed by atoms with Crippen molar-refractivity contribution in [2.45, 2.75) is 18.9 Å². The van der Waals surface area contributed by atoms with Crippen molar-refractivity contribution in [3.8, 4) is 23.0 Å². The second kappa shape index (κ2) is 8.30. The molecule has 2 aromatic heterocycles. The molecule has 29 heavy (non-hydrogen) atoms. The summed E-state index contributed by atoms with van der Waals surface area (Å²) >= 11 is 0. The van der Waals surface area contributed by atoms with E-state index in [9.17, 15) is 4.79 Å². The number of piperidine rings is 1. The van der Waals surface area contributed by atoms with Crippen LogP contribution in [0.15, 0.2) is 48.8 Å². The molecule has 0 bridgehead atoms. The number of amides is 1. The van der Waals surface area contributed by atoms with Crippen LogP contribution in [0.1, 0.15) is 23.3 Å². The van der Waals surface area contributed by atoms with Gasteiger partial charge in [0, 0.05) is 19.2 Å². The summed E-state index contributed by atoms with van der Waals surface area (Å²) in [6.45, 7) is 1.18. The van der Waals surface area contributed by atoms with E-state index in [0.717, 1.165) is 24.1 Å². The number of aromatic nitrogens is 4. The maximum Gasteiger partial charge on any atom is 0.272 e. The summed E-state index contributed by atoms with van der Waals surface area (Å²) in [5, 5.41) is 4.51. The van der Waals surface area contributed by atoms with Crippen LogP contribution in [-0.2, 0) is 7.05 Å². The molecule has 150 valence electrons. The molecular formula is C21H23N5O3. The molecule has 0 saturated carbocycles. The predicted octanol–water partition coefficient (Wildman–Crippen LogP) is 2.57. The Labute approximate surface area is 169 Å². The van der Waals surface area contributed by atoms with Crippen LogP contribution >= 0.6 is 0 Å². The molecule has 1 amide bonds. The lowest BCUT2D eigenvalue weighted by atomic mass is 10.1. The minimum Gasteiger partial charge on any atom is -0.480 e. The Balaban J connectivity index is 1.47. The molecule has 1 aliphatic heterocycles. The molecule has 1 aromatic carbocycles. The van der Waals surface area contributed by atoms with Gasteiger partial charge in [-0.05, 0) is 18.9 Å². The number of aryl methyl sites for hydroxylation is 1. The molecule has 1 aliphatic rings. The van der Waals surface area contributed by atoms with Crippen LogP contribution in [0.5, 0.6) is 11.8 Å². The Morgan fingerprint density at radius 1 is 1.17 bits per heavy atom. The summed E-state index contributed by atoms with van der Waals surface area (Å²) in [6.07, 6.45) is 4.64. The van der Waals surface area contributed by atoms with Crippen LogP contribution in [0.25, 0.3) is 11.3 Å². The van der Waals surface area contributed by atoms with Crippen LogP contribution in [0.2, 0.25) is 0 Å². The maximum atomic E-state index is 13.1. The zero-order valence-corrected chi connectivity index (χ0v) is 16.5. The highest BCUT2D eigenvalue weighted by molar-refractivity contribution is 5.93. The second-order valence-electron chi connectivity index (χ2n) is 6.94. The Hall–Kier alpha value is -3.42. The third-order valence-corrected chi connectivity index (χ3v) is 4.92. The predicted molar refractivity (Wildman–Crippen MR) is 107 cm³/mol. The summed E-state index contributed by atoms with van der Waals surface area (Å²) in [5.74, 6) is 0.748. The number of benzene rings is 1. The van der Waals surface area contributed by atoms with Gasteiger partial charge < -0.3 is 14.4 Å². The fourth-order valence-corrected chi connectivity index (χ4v) is 3.46. The largest absolute Gasteiger partial charge is 0.480 e. The lowest BCUT2D eigenvalue weighted by Crippen LogP contribution is -2.45. The Morgan fingerprint density at radius 3 is 2.76 bits per heavy atom. The van der Waals surface area contributed by atoms with Gasteiger partial charge in [0.25, 0.3) is 5.91 Å². The van der Waals surface area contributed by atoms with Crippen LogP contribution < -0.4 is 9.47 Å². The smallest absolute Gasteiger partial charge is 0.272 e. The molecule has 1 atom stereocenters. The molecular weight excluding hydrogens is 370 g/mol. The van der Waals surface area contributed by atoms with Gasteiger partial charge >= 0.3 is 0 Å². The number of methoxy groups -OCH3 is 1. The summed E-state index contributed by atoms with van der Waals surface area (Å²) < 4.78 is 12.7. The van der Waals surface area contributed by atoms with E-state index in [1.54, 1.807) is 17.9 Å². The first kappa shape index (κ1) is 18.9. The molecule has 3 aromatic rings. The Bertz CT molecular complexity index is 989. The number of nitrogens with zero attached hydrogens (tertiary/aromatic N) is 5. The first-order chi connectivity index (χ1) is 14.1. The average molecular weight is 393 g/mol. The molecule has 8 nitrogen and oxygen atoms in total. The fraction of sp³-hybridized carbons (Fsp3) is 0.333. The van der Waals surface area contributed by atoms with Gasteiger partial charge in [0.15, 0.2) is 0 Å². The number of rotatable bonds is 5. The lowest BCUT2D eigenvalue weighted by molar-refractivity contribution is 0.0515. The molecule has 3 heterocycles. The Kier molecular flexibility index (Phi) is 5.41. The topological polar surface area (TPSA) is 82.4 Å². The summed E-state index contributed by atoms with van der Waals surface area (Å²) in [6, 6.07) is 11.7. The maximum absolute atomic E-state index is 13.1. The highest BCUT2D eigenvalue weighted by Crippen LogP contribution is 2.22. The molecule has 0 aliphatic carbocycles. The number of hydrogen-bond acceptors (Lipinski definition) is 6. The van der Waals surface area contributed by atoms with Gasteiger partial charge in [-0.2, -0.15) is 10.1 Å². The van der Waals surface area contributed by atoms with Crippen molar-refractivity contribution in [3.05, 3.63) is 54.5 Å². The van der Waals surface area contributed by atoms with E-state index < -0.39 is 0 Å². The SMILES string of the molecule is COc1cncc(OC2CCCN(C(=O)c3cc(-c4ccccc4)nn3C)C2)n1. The van der Waals surface area contributed by atoms with Crippen molar-refractivity contribution in [1.29, 1.82) is 0 Å². The highest BCUT2D eigenvalue weighted by atomic mass is 16.5. The van der Waals surface area contributed by atoms with Crippen LogP contribution in [-0.4, -0.2) is 56.9 Å².